The van der Waals surface area contributed by atoms with Crippen molar-refractivity contribution >= 4 is 46.4 Å². The Morgan fingerprint density at radius 3 is 2.21 bits per heavy atom. The first kappa shape index (κ1) is 21.7. The molecular weight excluding hydrogens is 405 g/mol. The molecule has 0 spiro atoms. The van der Waals surface area contributed by atoms with Crippen molar-refractivity contribution in [2.45, 2.75) is 19.9 Å². The van der Waals surface area contributed by atoms with Gasteiger partial charge in [-0.25, -0.2) is 4.42 Å². The number of aryl methyl sites for hydroxylation is 1. The minimum absolute atomic E-state index is 0.169. The number of azo groups is 1. The number of Topliss-reactive ketones (excluding diaryl/α,β-unsaturated/α-hetero) is 1. The van der Waals surface area contributed by atoms with Gasteiger partial charge in [0.15, 0.2) is 5.78 Å². The molecule has 0 saturated carbocycles. The number of nitrogens with zero attached hydrogens (tertiary/aromatic N) is 3. The average Bonchev–Trinajstić information content (AvgIpc) is 2.68. The fraction of sp³-hybridized carbons (Fsp3) is 0.263. The Bertz CT molecular complexity index is 896. The van der Waals surface area contributed by atoms with E-state index in [1.54, 1.807) is 36.4 Å². The summed E-state index contributed by atoms with van der Waals surface area (Å²) in [6.07, 6.45) is 0. The van der Waals surface area contributed by atoms with Crippen LogP contribution in [0.15, 0.2) is 46.6 Å². The minimum atomic E-state index is -1.43. The van der Waals surface area contributed by atoms with Crippen molar-refractivity contribution < 1.29 is 19.1 Å². The summed E-state index contributed by atoms with van der Waals surface area (Å²) in [5.74, 6) is -0.698. The van der Waals surface area contributed by atoms with Crippen LogP contribution in [-0.4, -0.2) is 32.0 Å². The number of carbonyl (C=O) groups excluding carboxylic acids is 2. The van der Waals surface area contributed by atoms with Gasteiger partial charge in [-0.05, 0) is 49.7 Å². The Morgan fingerprint density at radius 2 is 1.71 bits per heavy atom. The molecule has 2 rings (SSSR count). The van der Waals surface area contributed by atoms with E-state index in [1.165, 1.54) is 21.1 Å². The topological polar surface area (TPSA) is 80.6 Å². The molecule has 0 aliphatic carbocycles. The maximum atomic E-state index is 12.9. The number of anilines is 1. The summed E-state index contributed by atoms with van der Waals surface area (Å²) in [4.78, 5) is 24.9. The molecular formula is C19H19Cl2N3O4. The van der Waals surface area contributed by atoms with Crippen LogP contribution in [-0.2, 0) is 9.59 Å². The molecule has 9 heteroatoms. The second kappa shape index (κ2) is 9.52. The summed E-state index contributed by atoms with van der Waals surface area (Å²) in [5, 5.41) is 8.46. The minimum Gasteiger partial charge on any atom is -0.494 e. The molecule has 2 aromatic carbocycles. The molecule has 0 radical (unpaired) electrons. The Balaban J connectivity index is 2.36. The predicted octanol–water partition coefficient (Wildman–Crippen LogP) is 4.89. The fourth-order valence-corrected chi connectivity index (χ4v) is 2.74. The van der Waals surface area contributed by atoms with E-state index in [0.717, 1.165) is 9.98 Å². The van der Waals surface area contributed by atoms with E-state index in [9.17, 15) is 9.59 Å². The molecule has 0 bridgehead atoms. The molecule has 1 amide bonds. The van der Waals surface area contributed by atoms with E-state index in [1.807, 2.05) is 6.92 Å². The van der Waals surface area contributed by atoms with Crippen LogP contribution in [0, 0.1) is 6.92 Å². The highest BCUT2D eigenvalue weighted by molar-refractivity contribution is 6.40. The maximum absolute atomic E-state index is 12.9. The van der Waals surface area contributed by atoms with Gasteiger partial charge in [-0.15, -0.1) is 0 Å². The van der Waals surface area contributed by atoms with Crippen molar-refractivity contribution in [3.05, 3.63) is 47.0 Å². The van der Waals surface area contributed by atoms with Gasteiger partial charge in [-0.3, -0.25) is 9.59 Å². The molecule has 0 N–H and O–H groups in total. The lowest BCUT2D eigenvalue weighted by molar-refractivity contribution is -0.126. The quantitative estimate of drug-likeness (QED) is 0.360. The van der Waals surface area contributed by atoms with Crippen molar-refractivity contribution in [2.75, 3.05) is 18.6 Å². The predicted molar refractivity (Wildman–Crippen MR) is 108 cm³/mol. The van der Waals surface area contributed by atoms with E-state index in [4.69, 9.17) is 32.9 Å². The monoisotopic (exact) mass is 423 g/mol. The lowest BCUT2D eigenvalue weighted by Crippen LogP contribution is -2.36. The molecule has 0 fully saturated rings. The second-order valence-corrected chi connectivity index (χ2v) is 6.54. The summed E-state index contributed by atoms with van der Waals surface area (Å²) in [7, 11) is 2.86. The Morgan fingerprint density at radius 1 is 1.11 bits per heavy atom. The largest absolute Gasteiger partial charge is 0.494 e. The van der Waals surface area contributed by atoms with E-state index in [-0.39, 0.29) is 5.69 Å². The van der Waals surface area contributed by atoms with Crippen LogP contribution in [0.5, 0.6) is 11.5 Å². The Hall–Kier alpha value is -2.64. The number of halogens is 2. The first-order valence-corrected chi connectivity index (χ1v) is 8.90. The van der Waals surface area contributed by atoms with Crippen molar-refractivity contribution in [3.63, 3.8) is 0 Å². The van der Waals surface area contributed by atoms with Gasteiger partial charge in [0.05, 0.1) is 19.9 Å². The van der Waals surface area contributed by atoms with Crippen LogP contribution in [0.3, 0.4) is 0 Å². The molecule has 0 saturated heterocycles. The van der Waals surface area contributed by atoms with Crippen LogP contribution >= 0.6 is 23.4 Å². The standard InChI is InChI=1S/C19H19Cl2N3O4/c1-11-10-13(8-9-14(11)20)22-23-17(12(2)25)19(26)24(21)18-15(27-3)6-5-7-16(18)28-4/h5-10,17H,1-4H3. The van der Waals surface area contributed by atoms with Crippen LogP contribution < -0.4 is 13.9 Å². The lowest BCUT2D eigenvalue weighted by atomic mass is 10.2. The lowest BCUT2D eigenvalue weighted by Gasteiger charge is -2.21. The number of benzene rings is 2. The van der Waals surface area contributed by atoms with E-state index in [0.29, 0.717) is 22.2 Å². The van der Waals surface area contributed by atoms with Gasteiger partial charge in [0.2, 0.25) is 6.04 Å². The van der Waals surface area contributed by atoms with Crippen molar-refractivity contribution in [1.82, 2.24) is 0 Å². The molecule has 0 aliphatic heterocycles. The average molecular weight is 424 g/mol. The smallest absolute Gasteiger partial charge is 0.276 e. The number of ether oxygens (including phenoxy) is 2. The summed E-state index contributed by atoms with van der Waals surface area (Å²) in [6, 6.07) is 8.45. The van der Waals surface area contributed by atoms with Gasteiger partial charge in [0, 0.05) is 16.8 Å². The molecule has 0 aliphatic rings. The zero-order chi connectivity index (χ0) is 20.8. The van der Waals surface area contributed by atoms with E-state index < -0.39 is 17.7 Å². The van der Waals surface area contributed by atoms with Crippen LogP contribution in [0.25, 0.3) is 0 Å². The fourth-order valence-electron chi connectivity index (χ4n) is 2.36. The zero-order valence-electron chi connectivity index (χ0n) is 15.8. The number of carbonyl (C=O) groups is 2. The van der Waals surface area contributed by atoms with Gasteiger partial charge in [-0.2, -0.15) is 10.2 Å². The Kier molecular flexibility index (Phi) is 7.37. The zero-order valence-corrected chi connectivity index (χ0v) is 17.3. The molecule has 148 valence electrons. The molecule has 1 atom stereocenters. The molecule has 7 nitrogen and oxygen atoms in total. The number of methoxy groups -OCH3 is 2. The van der Waals surface area contributed by atoms with Gasteiger partial charge < -0.3 is 9.47 Å². The number of hydrogen-bond donors (Lipinski definition) is 0. The molecule has 2 aromatic rings. The highest BCUT2D eigenvalue weighted by Crippen LogP contribution is 2.39. The first-order chi connectivity index (χ1) is 13.3. The number of para-hydroxylation sites is 1. The van der Waals surface area contributed by atoms with Crippen LogP contribution in [0.1, 0.15) is 12.5 Å². The van der Waals surface area contributed by atoms with Crippen molar-refractivity contribution in [3.8, 4) is 11.5 Å². The third-order valence-corrected chi connectivity index (χ3v) is 4.60. The van der Waals surface area contributed by atoms with Crippen molar-refractivity contribution in [1.29, 1.82) is 0 Å². The Labute approximate surface area is 173 Å². The third kappa shape index (κ3) is 4.79. The number of rotatable bonds is 7. The van der Waals surface area contributed by atoms with Gasteiger partial charge in [0.1, 0.15) is 17.2 Å². The number of ketones is 1. The number of amides is 1. The van der Waals surface area contributed by atoms with Crippen LogP contribution in [0.2, 0.25) is 5.02 Å². The van der Waals surface area contributed by atoms with Gasteiger partial charge >= 0.3 is 0 Å². The summed E-state index contributed by atoms with van der Waals surface area (Å²) < 4.78 is 11.2. The molecule has 0 heterocycles. The summed E-state index contributed by atoms with van der Waals surface area (Å²) >= 11 is 12.2. The highest BCUT2D eigenvalue weighted by atomic mass is 35.5. The SMILES string of the molecule is COc1cccc(OC)c1N(Cl)C(=O)C(N=Nc1ccc(Cl)c(C)c1)C(C)=O. The summed E-state index contributed by atoms with van der Waals surface area (Å²) in [5.41, 5.74) is 1.42. The molecule has 1 unspecified atom stereocenters. The molecule has 28 heavy (non-hydrogen) atoms. The van der Waals surface area contributed by atoms with Gasteiger partial charge in [0.25, 0.3) is 5.91 Å². The first-order valence-electron chi connectivity index (χ1n) is 8.18. The van der Waals surface area contributed by atoms with E-state index in [2.05, 4.69) is 10.2 Å². The molecule has 0 aromatic heterocycles. The second-order valence-electron chi connectivity index (χ2n) is 5.79. The number of hydrogen-bond acceptors (Lipinski definition) is 6. The maximum Gasteiger partial charge on any atom is 0.276 e. The normalized spacial score (nSPS) is 11.9. The third-order valence-electron chi connectivity index (χ3n) is 3.84. The van der Waals surface area contributed by atoms with Crippen LogP contribution in [0.4, 0.5) is 11.4 Å². The summed E-state index contributed by atoms with van der Waals surface area (Å²) in [6.45, 7) is 3.04. The highest BCUT2D eigenvalue weighted by Gasteiger charge is 2.32. The van der Waals surface area contributed by atoms with Crippen molar-refractivity contribution in [2.24, 2.45) is 10.2 Å². The van der Waals surface area contributed by atoms with Gasteiger partial charge in [-0.1, -0.05) is 17.7 Å². The van der Waals surface area contributed by atoms with E-state index >= 15 is 0 Å².